The fourth-order valence-electron chi connectivity index (χ4n) is 3.27. The van der Waals surface area contributed by atoms with Crippen LogP contribution in [0.4, 0.5) is 11.9 Å². The van der Waals surface area contributed by atoms with Crippen molar-refractivity contribution in [1.82, 2.24) is 19.1 Å². The van der Waals surface area contributed by atoms with Crippen molar-refractivity contribution in [2.24, 2.45) is 0 Å². The van der Waals surface area contributed by atoms with Gasteiger partial charge in [-0.15, -0.1) is 0 Å². The molecule has 2 N–H and O–H groups in total. The molecule has 0 radical (unpaired) electrons. The van der Waals surface area contributed by atoms with Gasteiger partial charge in [-0.25, -0.2) is 9.97 Å². The highest BCUT2D eigenvalue weighted by molar-refractivity contribution is 5.29. The van der Waals surface area contributed by atoms with E-state index in [0.29, 0.717) is 12.1 Å². The van der Waals surface area contributed by atoms with E-state index in [1.807, 2.05) is 12.4 Å². The largest absolute Gasteiger partial charge is 0.356 e. The molecule has 2 aromatic rings. The Bertz CT molecular complexity index is 535. The highest BCUT2D eigenvalue weighted by Gasteiger charge is 2.17. The monoisotopic (exact) mass is 302 g/mol. The van der Waals surface area contributed by atoms with Gasteiger partial charge < -0.3 is 19.8 Å². The lowest BCUT2D eigenvalue weighted by Crippen LogP contribution is -2.21. The first-order valence-electron chi connectivity index (χ1n) is 8.36. The Labute approximate surface area is 132 Å². The molecule has 0 fully saturated rings. The van der Waals surface area contributed by atoms with Crippen LogP contribution in [0.25, 0.3) is 0 Å². The summed E-state index contributed by atoms with van der Waals surface area (Å²) in [7, 11) is 0. The molecule has 0 saturated carbocycles. The fraction of sp³-hybridized carbons (Fsp3) is 0.625. The zero-order valence-corrected chi connectivity index (χ0v) is 13.5. The molecule has 0 aromatic carbocycles. The number of anilines is 2. The second kappa shape index (κ2) is 6.85. The average Bonchev–Trinajstić information content (AvgIpc) is 3.23. The van der Waals surface area contributed by atoms with Crippen LogP contribution in [0.5, 0.6) is 0 Å². The second-order valence-electron chi connectivity index (χ2n) is 5.87. The zero-order valence-electron chi connectivity index (χ0n) is 13.5. The molecule has 0 bridgehead atoms. The maximum absolute atomic E-state index is 4.21. The Morgan fingerprint density at radius 3 is 1.77 bits per heavy atom. The van der Waals surface area contributed by atoms with Gasteiger partial charge in [0, 0.05) is 50.0 Å². The molecule has 6 nitrogen and oxygen atoms in total. The van der Waals surface area contributed by atoms with Crippen molar-refractivity contribution in [2.75, 3.05) is 23.7 Å². The lowest BCUT2D eigenvalue weighted by atomic mass is 10.1. The van der Waals surface area contributed by atoms with E-state index in [2.05, 4.69) is 56.0 Å². The summed E-state index contributed by atoms with van der Waals surface area (Å²) in [6.45, 7) is 6.57. The SMILES string of the molecule is CC[C@@H]1CCNc2nccn21.CC[C@H]1CCNc2nccn21. The topological polar surface area (TPSA) is 59.7 Å². The number of hydrogen-bond donors (Lipinski definition) is 2. The standard InChI is InChI=1S/2C8H13N3/c2*1-2-7-3-4-9-8-10-5-6-11(7)8/h2*5-7H,2-4H2,1H3,(H,9,10)/t2*7-/m10/s1. The molecule has 0 amide bonds. The molecular formula is C16H26N6. The molecule has 4 heterocycles. The molecule has 0 aliphatic carbocycles. The van der Waals surface area contributed by atoms with Gasteiger partial charge in [0.15, 0.2) is 0 Å². The van der Waals surface area contributed by atoms with Crippen LogP contribution in [0.3, 0.4) is 0 Å². The maximum Gasteiger partial charge on any atom is 0.203 e. The quantitative estimate of drug-likeness (QED) is 0.893. The molecule has 120 valence electrons. The van der Waals surface area contributed by atoms with Gasteiger partial charge in [-0.1, -0.05) is 13.8 Å². The maximum atomic E-state index is 4.21. The minimum absolute atomic E-state index is 0.661. The Hall–Kier alpha value is -1.98. The summed E-state index contributed by atoms with van der Waals surface area (Å²) in [6, 6.07) is 1.32. The van der Waals surface area contributed by atoms with Crippen molar-refractivity contribution in [3.8, 4) is 0 Å². The first-order chi connectivity index (χ1) is 10.8. The highest BCUT2D eigenvalue weighted by atomic mass is 15.2. The van der Waals surface area contributed by atoms with Gasteiger partial charge in [0.25, 0.3) is 0 Å². The number of rotatable bonds is 2. The molecule has 6 heteroatoms. The first kappa shape index (κ1) is 14.9. The number of nitrogens with zero attached hydrogens (tertiary/aromatic N) is 4. The number of fused-ring (bicyclic) bond motifs is 2. The van der Waals surface area contributed by atoms with Crippen LogP contribution in [0, 0.1) is 0 Å². The van der Waals surface area contributed by atoms with E-state index in [-0.39, 0.29) is 0 Å². The van der Waals surface area contributed by atoms with Gasteiger partial charge in [0.05, 0.1) is 0 Å². The third kappa shape index (κ3) is 2.96. The van der Waals surface area contributed by atoms with E-state index >= 15 is 0 Å². The van der Waals surface area contributed by atoms with Gasteiger partial charge in [0.1, 0.15) is 0 Å². The van der Waals surface area contributed by atoms with Crippen LogP contribution in [0.15, 0.2) is 24.8 Å². The van der Waals surface area contributed by atoms with Crippen molar-refractivity contribution in [3.63, 3.8) is 0 Å². The smallest absolute Gasteiger partial charge is 0.203 e. The third-order valence-electron chi connectivity index (χ3n) is 4.59. The minimum Gasteiger partial charge on any atom is -0.356 e. The van der Waals surface area contributed by atoms with Gasteiger partial charge in [-0.05, 0) is 25.7 Å². The van der Waals surface area contributed by atoms with Crippen LogP contribution in [-0.2, 0) is 0 Å². The van der Waals surface area contributed by atoms with E-state index < -0.39 is 0 Å². The van der Waals surface area contributed by atoms with Crippen molar-refractivity contribution < 1.29 is 0 Å². The molecule has 2 aliphatic heterocycles. The molecule has 0 saturated heterocycles. The van der Waals surface area contributed by atoms with E-state index in [1.54, 1.807) is 0 Å². The summed E-state index contributed by atoms with van der Waals surface area (Å²) in [5, 5.41) is 6.52. The van der Waals surface area contributed by atoms with Crippen LogP contribution in [-0.4, -0.2) is 32.2 Å². The van der Waals surface area contributed by atoms with E-state index in [9.17, 15) is 0 Å². The van der Waals surface area contributed by atoms with Gasteiger partial charge in [-0.2, -0.15) is 0 Å². The minimum atomic E-state index is 0.661. The third-order valence-corrected chi connectivity index (χ3v) is 4.59. The Kier molecular flexibility index (Phi) is 4.65. The van der Waals surface area contributed by atoms with E-state index in [1.165, 1.54) is 25.7 Å². The first-order valence-corrected chi connectivity index (χ1v) is 8.36. The lowest BCUT2D eigenvalue weighted by Gasteiger charge is -2.24. The summed E-state index contributed by atoms with van der Waals surface area (Å²) >= 11 is 0. The molecule has 4 rings (SSSR count). The predicted molar refractivity (Wildman–Crippen MR) is 89.3 cm³/mol. The number of nitrogens with one attached hydrogen (secondary N) is 2. The molecule has 22 heavy (non-hydrogen) atoms. The normalized spacial score (nSPS) is 22.5. The summed E-state index contributed by atoms with van der Waals surface area (Å²) in [4.78, 5) is 8.41. The van der Waals surface area contributed by atoms with Crippen molar-refractivity contribution in [3.05, 3.63) is 24.8 Å². The molecule has 2 aromatic heterocycles. The van der Waals surface area contributed by atoms with E-state index in [0.717, 1.165) is 25.0 Å². The molecule has 2 atom stereocenters. The molecular weight excluding hydrogens is 276 g/mol. The summed E-state index contributed by atoms with van der Waals surface area (Å²) in [5.41, 5.74) is 0. The summed E-state index contributed by atoms with van der Waals surface area (Å²) in [5.74, 6) is 2.06. The van der Waals surface area contributed by atoms with E-state index in [4.69, 9.17) is 0 Å². The van der Waals surface area contributed by atoms with Crippen molar-refractivity contribution >= 4 is 11.9 Å². The average molecular weight is 302 g/mol. The number of aromatic nitrogens is 4. The lowest BCUT2D eigenvalue weighted by molar-refractivity contribution is 0.446. The summed E-state index contributed by atoms with van der Waals surface area (Å²) in [6.07, 6.45) is 12.7. The number of imidazole rings is 2. The Morgan fingerprint density at radius 1 is 0.909 bits per heavy atom. The fourth-order valence-corrected chi connectivity index (χ4v) is 3.27. The van der Waals surface area contributed by atoms with Crippen LogP contribution in [0.1, 0.15) is 51.6 Å². The number of hydrogen-bond acceptors (Lipinski definition) is 4. The van der Waals surface area contributed by atoms with Gasteiger partial charge in [-0.3, -0.25) is 0 Å². The van der Waals surface area contributed by atoms with Crippen molar-refractivity contribution in [1.29, 1.82) is 0 Å². The zero-order chi connectivity index (χ0) is 15.4. The molecule has 2 aliphatic rings. The highest BCUT2D eigenvalue weighted by Crippen LogP contribution is 2.24. The Balaban J connectivity index is 0.000000131. The summed E-state index contributed by atoms with van der Waals surface area (Å²) < 4.78 is 4.45. The van der Waals surface area contributed by atoms with Gasteiger partial charge >= 0.3 is 0 Å². The van der Waals surface area contributed by atoms with Crippen LogP contribution < -0.4 is 10.6 Å². The van der Waals surface area contributed by atoms with Crippen LogP contribution >= 0.6 is 0 Å². The van der Waals surface area contributed by atoms with Crippen LogP contribution in [0.2, 0.25) is 0 Å². The Morgan fingerprint density at radius 2 is 1.36 bits per heavy atom. The predicted octanol–water partition coefficient (Wildman–Crippen LogP) is 3.30. The van der Waals surface area contributed by atoms with Crippen molar-refractivity contribution in [2.45, 2.75) is 51.6 Å². The molecule has 0 unspecified atom stereocenters. The van der Waals surface area contributed by atoms with Gasteiger partial charge in [0.2, 0.25) is 11.9 Å². The molecule has 0 spiro atoms. The second-order valence-corrected chi connectivity index (χ2v) is 5.87.